The third kappa shape index (κ3) is 3.97. The van der Waals surface area contributed by atoms with Crippen LogP contribution in [-0.2, 0) is 13.0 Å². The van der Waals surface area contributed by atoms with Crippen LogP contribution in [0.3, 0.4) is 0 Å². The molecule has 0 bridgehead atoms. The van der Waals surface area contributed by atoms with E-state index in [1.165, 1.54) is 0 Å². The molecule has 0 aliphatic rings. The van der Waals surface area contributed by atoms with Gasteiger partial charge in [-0.3, -0.25) is 4.79 Å². The lowest BCUT2D eigenvalue weighted by molar-refractivity contribution is 0.415. The van der Waals surface area contributed by atoms with Gasteiger partial charge in [0.05, 0.1) is 13.7 Å². The lowest BCUT2D eigenvalue weighted by atomic mass is 10.1. The number of anilines is 1. The Morgan fingerprint density at radius 1 is 1.00 bits per heavy atom. The molecule has 0 saturated heterocycles. The molecular weight excluding hydrogens is 326 g/mol. The summed E-state index contributed by atoms with van der Waals surface area (Å²) in [6, 6.07) is 17.7. The highest BCUT2D eigenvalue weighted by molar-refractivity contribution is 5.66. The van der Waals surface area contributed by atoms with Gasteiger partial charge in [-0.15, -0.1) is 0 Å². The van der Waals surface area contributed by atoms with E-state index >= 15 is 0 Å². The van der Waals surface area contributed by atoms with Crippen molar-refractivity contribution in [3.8, 4) is 16.9 Å². The molecule has 4 heteroatoms. The summed E-state index contributed by atoms with van der Waals surface area (Å²) in [5.74, 6) is 2.25. The van der Waals surface area contributed by atoms with Crippen molar-refractivity contribution in [3.63, 3.8) is 0 Å². The van der Waals surface area contributed by atoms with Crippen LogP contribution in [0.5, 0.6) is 5.75 Å². The maximum Gasteiger partial charge on any atom is 0.188 e. The van der Waals surface area contributed by atoms with E-state index in [4.69, 9.17) is 9.15 Å². The van der Waals surface area contributed by atoms with Crippen LogP contribution in [0.15, 0.2) is 63.8 Å². The summed E-state index contributed by atoms with van der Waals surface area (Å²) in [7, 11) is 1.66. The van der Waals surface area contributed by atoms with Gasteiger partial charge in [0.2, 0.25) is 0 Å². The fraction of sp³-hybridized carbons (Fsp3) is 0.227. The summed E-state index contributed by atoms with van der Waals surface area (Å²) in [4.78, 5) is 12.0. The largest absolute Gasteiger partial charge is 0.497 e. The van der Waals surface area contributed by atoms with Crippen LogP contribution in [0.4, 0.5) is 5.69 Å². The highest BCUT2D eigenvalue weighted by Crippen LogP contribution is 2.24. The molecule has 0 fully saturated rings. The molecule has 3 aromatic rings. The van der Waals surface area contributed by atoms with Crippen molar-refractivity contribution < 1.29 is 9.15 Å². The van der Waals surface area contributed by atoms with Crippen LogP contribution in [0.25, 0.3) is 11.1 Å². The molecule has 0 aliphatic carbocycles. The molecule has 0 amide bonds. The maximum atomic E-state index is 12.0. The van der Waals surface area contributed by atoms with Crippen molar-refractivity contribution in [2.75, 3.05) is 12.4 Å². The zero-order valence-electron chi connectivity index (χ0n) is 15.3. The van der Waals surface area contributed by atoms with Crippen molar-refractivity contribution in [1.29, 1.82) is 0 Å². The van der Waals surface area contributed by atoms with Crippen LogP contribution in [-0.4, -0.2) is 7.11 Å². The fourth-order valence-corrected chi connectivity index (χ4v) is 2.75. The van der Waals surface area contributed by atoms with Gasteiger partial charge in [-0.1, -0.05) is 31.2 Å². The van der Waals surface area contributed by atoms with E-state index in [1.54, 1.807) is 20.1 Å². The fourth-order valence-electron chi connectivity index (χ4n) is 2.75. The highest BCUT2D eigenvalue weighted by Gasteiger charge is 2.08. The van der Waals surface area contributed by atoms with Crippen molar-refractivity contribution in [1.82, 2.24) is 0 Å². The molecule has 0 atom stereocenters. The molecule has 1 N–H and O–H groups in total. The number of hydrogen-bond donors (Lipinski definition) is 1. The Morgan fingerprint density at radius 3 is 2.19 bits per heavy atom. The van der Waals surface area contributed by atoms with E-state index in [1.807, 2.05) is 43.3 Å². The predicted molar refractivity (Wildman–Crippen MR) is 105 cm³/mol. The van der Waals surface area contributed by atoms with Gasteiger partial charge in [-0.2, -0.15) is 0 Å². The zero-order chi connectivity index (χ0) is 18.5. The Labute approximate surface area is 153 Å². The predicted octanol–water partition coefficient (Wildman–Crippen LogP) is 4.80. The van der Waals surface area contributed by atoms with Crippen molar-refractivity contribution >= 4 is 5.69 Å². The van der Waals surface area contributed by atoms with Gasteiger partial charge in [0, 0.05) is 23.7 Å². The molecular formula is C22H23NO3. The maximum absolute atomic E-state index is 12.0. The molecule has 2 aromatic carbocycles. The summed E-state index contributed by atoms with van der Waals surface area (Å²) in [5.41, 5.74) is 3.93. The average Bonchev–Trinajstić information content (AvgIpc) is 2.69. The topological polar surface area (TPSA) is 51.5 Å². The van der Waals surface area contributed by atoms with Crippen molar-refractivity contribution in [2.45, 2.75) is 26.8 Å². The van der Waals surface area contributed by atoms with Gasteiger partial charge in [-0.05, 0) is 42.3 Å². The molecule has 0 unspecified atom stereocenters. The lowest BCUT2D eigenvalue weighted by Gasteiger charge is -2.10. The molecule has 1 aromatic heterocycles. The van der Waals surface area contributed by atoms with Crippen LogP contribution in [0.2, 0.25) is 0 Å². The molecule has 0 radical (unpaired) electrons. The first-order valence-corrected chi connectivity index (χ1v) is 8.71. The van der Waals surface area contributed by atoms with Gasteiger partial charge in [0.25, 0.3) is 0 Å². The van der Waals surface area contributed by atoms with E-state index < -0.39 is 0 Å². The molecule has 134 valence electrons. The number of aryl methyl sites for hydroxylation is 1. The number of methoxy groups -OCH3 is 1. The third-order valence-corrected chi connectivity index (χ3v) is 4.44. The third-order valence-electron chi connectivity index (χ3n) is 4.44. The van der Waals surface area contributed by atoms with E-state index in [2.05, 4.69) is 17.4 Å². The normalized spacial score (nSPS) is 10.6. The summed E-state index contributed by atoms with van der Waals surface area (Å²) >= 11 is 0. The molecule has 26 heavy (non-hydrogen) atoms. The molecule has 0 saturated carbocycles. The summed E-state index contributed by atoms with van der Waals surface area (Å²) in [6.45, 7) is 4.26. The van der Waals surface area contributed by atoms with E-state index in [9.17, 15) is 4.79 Å². The Hall–Kier alpha value is -3.01. The second kappa shape index (κ2) is 7.91. The first kappa shape index (κ1) is 17.8. The van der Waals surface area contributed by atoms with Gasteiger partial charge in [0.15, 0.2) is 5.43 Å². The van der Waals surface area contributed by atoms with Crippen LogP contribution in [0.1, 0.15) is 24.0 Å². The summed E-state index contributed by atoms with van der Waals surface area (Å²) in [6.07, 6.45) is 0.707. The number of ether oxygens (including phenoxy) is 1. The Balaban J connectivity index is 1.72. The Kier molecular flexibility index (Phi) is 5.42. The number of rotatable bonds is 6. The molecule has 0 spiro atoms. The van der Waals surface area contributed by atoms with E-state index in [-0.39, 0.29) is 5.43 Å². The SMILES string of the molecule is CCc1cc(=O)c(C)c(CNc2ccc(-c3ccc(OC)cc3)cc2)o1. The first-order chi connectivity index (χ1) is 12.6. The smallest absolute Gasteiger partial charge is 0.188 e. The summed E-state index contributed by atoms with van der Waals surface area (Å²) < 4.78 is 11.0. The van der Waals surface area contributed by atoms with Gasteiger partial charge >= 0.3 is 0 Å². The van der Waals surface area contributed by atoms with E-state index in [0.717, 1.165) is 22.6 Å². The van der Waals surface area contributed by atoms with Crippen LogP contribution in [0, 0.1) is 6.92 Å². The van der Waals surface area contributed by atoms with Crippen molar-refractivity contribution in [3.05, 3.63) is 81.9 Å². The number of hydrogen-bond acceptors (Lipinski definition) is 4. The van der Waals surface area contributed by atoms with Gasteiger partial charge in [0.1, 0.15) is 17.3 Å². The zero-order valence-corrected chi connectivity index (χ0v) is 15.3. The summed E-state index contributed by atoms with van der Waals surface area (Å²) in [5, 5.41) is 3.32. The first-order valence-electron chi connectivity index (χ1n) is 8.71. The second-order valence-corrected chi connectivity index (χ2v) is 6.14. The number of benzene rings is 2. The molecule has 3 rings (SSSR count). The monoisotopic (exact) mass is 349 g/mol. The minimum atomic E-state index is 0.0275. The van der Waals surface area contributed by atoms with Crippen LogP contribution >= 0.6 is 0 Å². The standard InChI is InChI=1S/C22H23NO3/c1-4-19-13-21(24)15(2)22(26-19)14-23-18-9-5-16(6-10-18)17-7-11-20(25-3)12-8-17/h5-13,23H,4,14H2,1-3H3. The van der Waals surface area contributed by atoms with Gasteiger partial charge < -0.3 is 14.5 Å². The Bertz CT molecular complexity index is 925. The molecule has 0 aliphatic heterocycles. The average molecular weight is 349 g/mol. The Morgan fingerprint density at radius 2 is 1.62 bits per heavy atom. The minimum Gasteiger partial charge on any atom is -0.497 e. The minimum absolute atomic E-state index is 0.0275. The van der Waals surface area contributed by atoms with E-state index in [0.29, 0.717) is 30.0 Å². The quantitative estimate of drug-likeness (QED) is 0.694. The second-order valence-electron chi connectivity index (χ2n) is 6.14. The van der Waals surface area contributed by atoms with Crippen LogP contribution < -0.4 is 15.5 Å². The number of nitrogens with one attached hydrogen (secondary N) is 1. The van der Waals surface area contributed by atoms with Crippen molar-refractivity contribution in [2.24, 2.45) is 0 Å². The molecule has 4 nitrogen and oxygen atoms in total. The molecule has 1 heterocycles. The highest BCUT2D eigenvalue weighted by atomic mass is 16.5. The lowest BCUT2D eigenvalue weighted by Crippen LogP contribution is -2.12. The van der Waals surface area contributed by atoms with Gasteiger partial charge in [-0.25, -0.2) is 0 Å².